The van der Waals surface area contributed by atoms with Gasteiger partial charge in [0.1, 0.15) is 11.5 Å². The average molecular weight is 607 g/mol. The summed E-state index contributed by atoms with van der Waals surface area (Å²) in [5.41, 5.74) is 1.63. The predicted molar refractivity (Wildman–Crippen MR) is 165 cm³/mol. The van der Waals surface area contributed by atoms with E-state index in [0.29, 0.717) is 43.4 Å². The molecular weight excluding hydrogens is 578 g/mol. The van der Waals surface area contributed by atoms with Crippen molar-refractivity contribution in [1.82, 2.24) is 28.8 Å². The van der Waals surface area contributed by atoms with Crippen molar-refractivity contribution in [3.63, 3.8) is 0 Å². The number of aromatic nitrogens is 5. The molecule has 0 saturated heterocycles. The zero-order valence-corrected chi connectivity index (χ0v) is 24.1. The van der Waals surface area contributed by atoms with Gasteiger partial charge < -0.3 is 5.32 Å². The molecule has 1 aliphatic carbocycles. The highest BCUT2D eigenvalue weighted by molar-refractivity contribution is 5.93. The van der Waals surface area contributed by atoms with Crippen LogP contribution >= 0.6 is 0 Å². The first-order valence-electron chi connectivity index (χ1n) is 14.8. The first kappa shape index (κ1) is 28.3. The van der Waals surface area contributed by atoms with Crippen molar-refractivity contribution in [3.8, 4) is 5.69 Å². The highest BCUT2D eigenvalue weighted by Gasteiger charge is 2.29. The molecule has 6 aromatic rings. The number of hydrogen-bond donors (Lipinski definition) is 1. The highest BCUT2D eigenvalue weighted by Crippen LogP contribution is 2.28. The summed E-state index contributed by atoms with van der Waals surface area (Å²) in [7, 11) is 0. The molecule has 9 nitrogen and oxygen atoms in total. The number of pyridine rings is 2. The minimum Gasteiger partial charge on any atom is -0.348 e. The Morgan fingerprint density at radius 1 is 0.889 bits per heavy atom. The Morgan fingerprint density at radius 3 is 2.33 bits per heavy atom. The number of nitrogens with one attached hydrogen (secondary N) is 1. The van der Waals surface area contributed by atoms with E-state index in [1.165, 1.54) is 19.7 Å². The molecule has 11 heteroatoms. The lowest BCUT2D eigenvalue weighted by Crippen LogP contribution is -2.45. The van der Waals surface area contributed by atoms with Crippen LogP contribution in [0.3, 0.4) is 0 Å². The maximum Gasteiger partial charge on any atom is 0.337 e. The summed E-state index contributed by atoms with van der Waals surface area (Å²) >= 11 is 0. The second-order valence-electron chi connectivity index (χ2n) is 11.3. The van der Waals surface area contributed by atoms with Gasteiger partial charge in [0.05, 0.1) is 17.3 Å². The van der Waals surface area contributed by atoms with E-state index in [9.17, 15) is 23.2 Å². The normalized spacial score (nSPS) is 16.7. The van der Waals surface area contributed by atoms with E-state index in [-0.39, 0.29) is 22.8 Å². The largest absolute Gasteiger partial charge is 0.348 e. The van der Waals surface area contributed by atoms with Gasteiger partial charge in [-0.1, -0.05) is 48.5 Å². The van der Waals surface area contributed by atoms with Crippen LogP contribution in [-0.4, -0.2) is 35.5 Å². The van der Waals surface area contributed by atoms with Gasteiger partial charge in [0.2, 0.25) is 5.95 Å². The van der Waals surface area contributed by atoms with Crippen molar-refractivity contribution in [1.29, 1.82) is 0 Å². The van der Waals surface area contributed by atoms with Gasteiger partial charge in [-0.2, -0.15) is 4.39 Å². The molecule has 0 atom stereocenters. The molecule has 1 aliphatic rings. The number of nitrogens with zero attached hydrogens (tertiary/aromatic N) is 5. The molecule has 1 amide bonds. The lowest BCUT2D eigenvalue weighted by molar-refractivity contribution is 0.0912. The highest BCUT2D eigenvalue weighted by atomic mass is 19.1. The van der Waals surface area contributed by atoms with Crippen LogP contribution in [0.1, 0.15) is 53.3 Å². The molecule has 0 bridgehead atoms. The molecule has 0 spiro atoms. The SMILES string of the molecule is O=C(NC1CCC(n2c(=O)c3cc(F)cnc3n(-c3ccc(Cc4ccccc4)cc3)c2=O)CC1)c1nc2ccccn2c1F. The number of imidazole rings is 1. The third-order valence-corrected chi connectivity index (χ3v) is 8.42. The zero-order valence-electron chi connectivity index (χ0n) is 24.1. The van der Waals surface area contributed by atoms with Crippen molar-refractivity contribution in [2.24, 2.45) is 0 Å². The van der Waals surface area contributed by atoms with Gasteiger partial charge in [-0.3, -0.25) is 18.6 Å². The number of fused-ring (bicyclic) bond motifs is 2. The second kappa shape index (κ2) is 11.6. The van der Waals surface area contributed by atoms with Crippen LogP contribution in [-0.2, 0) is 6.42 Å². The summed E-state index contributed by atoms with van der Waals surface area (Å²) in [4.78, 5) is 48.8. The first-order valence-corrected chi connectivity index (χ1v) is 14.8. The average Bonchev–Trinajstić information content (AvgIpc) is 3.40. The summed E-state index contributed by atoms with van der Waals surface area (Å²) in [6.45, 7) is 0. The van der Waals surface area contributed by atoms with Crippen LogP contribution in [0.25, 0.3) is 22.4 Å². The molecule has 2 aromatic carbocycles. The maximum absolute atomic E-state index is 14.8. The molecule has 4 heterocycles. The molecular formula is C34H28F2N6O3. The predicted octanol–water partition coefficient (Wildman–Crippen LogP) is 4.98. The Hall–Kier alpha value is -5.45. The van der Waals surface area contributed by atoms with E-state index in [0.717, 1.165) is 23.4 Å². The number of carbonyl (C=O) groups excluding carboxylic acids is 1. The van der Waals surface area contributed by atoms with E-state index < -0.39 is 35.0 Å². The van der Waals surface area contributed by atoms with Gasteiger partial charge in [0.15, 0.2) is 11.3 Å². The topological polar surface area (TPSA) is 103 Å². The Bertz CT molecular complexity index is 2170. The van der Waals surface area contributed by atoms with Crippen LogP contribution in [0.2, 0.25) is 0 Å². The van der Waals surface area contributed by atoms with E-state index in [1.807, 2.05) is 42.5 Å². The smallest absolute Gasteiger partial charge is 0.337 e. The number of amides is 1. The van der Waals surface area contributed by atoms with Crippen LogP contribution < -0.4 is 16.6 Å². The quantitative estimate of drug-likeness (QED) is 0.288. The molecule has 45 heavy (non-hydrogen) atoms. The third-order valence-electron chi connectivity index (χ3n) is 8.42. The number of carbonyl (C=O) groups is 1. The standard InChI is InChI=1S/C34H28F2N6O3/c35-23-19-27-31(37-20-23)41(25-13-9-22(10-14-25)18-21-6-2-1-3-7-21)34(45)42(33(27)44)26-15-11-24(12-16-26)38-32(43)29-30(36)40-17-5-4-8-28(40)39-29/h1-10,13-14,17,19-20,24,26H,11-12,15-16,18H2,(H,38,43). The lowest BCUT2D eigenvalue weighted by atomic mass is 9.90. The maximum atomic E-state index is 14.8. The van der Waals surface area contributed by atoms with Gasteiger partial charge in [-0.05, 0) is 73.6 Å². The molecule has 0 radical (unpaired) electrons. The van der Waals surface area contributed by atoms with Crippen molar-refractivity contribution in [2.75, 3.05) is 0 Å². The Balaban J connectivity index is 1.16. The number of halogens is 2. The molecule has 0 unspecified atom stereocenters. The number of hydrogen-bond acceptors (Lipinski definition) is 5. The van der Waals surface area contributed by atoms with E-state index in [2.05, 4.69) is 15.3 Å². The van der Waals surface area contributed by atoms with Gasteiger partial charge in [0, 0.05) is 18.3 Å². The first-order chi connectivity index (χ1) is 21.9. The van der Waals surface area contributed by atoms with E-state index >= 15 is 0 Å². The molecule has 1 N–H and O–H groups in total. The van der Waals surface area contributed by atoms with Gasteiger partial charge in [-0.15, -0.1) is 0 Å². The molecule has 1 fully saturated rings. The molecule has 4 aromatic heterocycles. The molecule has 7 rings (SSSR count). The summed E-state index contributed by atoms with van der Waals surface area (Å²) < 4.78 is 32.9. The fourth-order valence-electron chi connectivity index (χ4n) is 6.17. The molecule has 1 saturated carbocycles. The fraction of sp³-hybridized carbons (Fsp3) is 0.206. The van der Waals surface area contributed by atoms with Crippen LogP contribution in [0, 0.1) is 11.8 Å². The van der Waals surface area contributed by atoms with Gasteiger partial charge in [-0.25, -0.2) is 23.7 Å². The van der Waals surface area contributed by atoms with Crippen molar-refractivity contribution >= 4 is 22.6 Å². The summed E-state index contributed by atoms with van der Waals surface area (Å²) in [5, 5.41) is 2.85. The Labute approximate surface area is 255 Å². The van der Waals surface area contributed by atoms with Crippen molar-refractivity contribution in [3.05, 3.63) is 141 Å². The van der Waals surface area contributed by atoms with E-state index in [4.69, 9.17) is 0 Å². The fourth-order valence-corrected chi connectivity index (χ4v) is 6.17. The summed E-state index contributed by atoms with van der Waals surface area (Å²) in [5.74, 6) is -2.05. The number of rotatable bonds is 6. The lowest BCUT2D eigenvalue weighted by Gasteiger charge is -2.30. The molecule has 0 aliphatic heterocycles. The molecule has 226 valence electrons. The Kier molecular flexibility index (Phi) is 7.28. The minimum atomic E-state index is -0.742. The van der Waals surface area contributed by atoms with E-state index in [1.54, 1.807) is 30.3 Å². The summed E-state index contributed by atoms with van der Waals surface area (Å²) in [6, 6.07) is 22.7. The van der Waals surface area contributed by atoms with Crippen LogP contribution in [0.4, 0.5) is 8.78 Å². The monoisotopic (exact) mass is 606 g/mol. The van der Waals surface area contributed by atoms with Gasteiger partial charge >= 0.3 is 5.69 Å². The van der Waals surface area contributed by atoms with Crippen molar-refractivity contribution in [2.45, 2.75) is 44.2 Å². The zero-order chi connectivity index (χ0) is 31.1. The number of benzene rings is 2. The summed E-state index contributed by atoms with van der Waals surface area (Å²) in [6.07, 6.45) is 4.90. The van der Waals surface area contributed by atoms with Crippen LogP contribution in [0.15, 0.2) is 101 Å². The van der Waals surface area contributed by atoms with Crippen LogP contribution in [0.5, 0.6) is 0 Å². The third kappa shape index (κ3) is 5.30. The second-order valence-corrected chi connectivity index (χ2v) is 11.3. The Morgan fingerprint density at radius 2 is 1.60 bits per heavy atom. The van der Waals surface area contributed by atoms with Crippen molar-refractivity contribution < 1.29 is 13.6 Å². The van der Waals surface area contributed by atoms with Gasteiger partial charge in [0.25, 0.3) is 11.5 Å². The minimum absolute atomic E-state index is 0.000659.